The molecule has 8 nitrogen and oxygen atoms in total. The molecule has 0 radical (unpaired) electrons. The predicted molar refractivity (Wildman–Crippen MR) is 134 cm³/mol. The predicted octanol–water partition coefficient (Wildman–Crippen LogP) is 3.70. The van der Waals surface area contributed by atoms with Crippen LogP contribution in [-0.2, 0) is 9.53 Å². The molecule has 0 unspecified atom stereocenters. The van der Waals surface area contributed by atoms with Crippen LogP contribution >= 0.6 is 11.3 Å². The molecular weight excluding hydrogens is 454 g/mol. The Bertz CT molecular complexity index is 1160. The maximum Gasteiger partial charge on any atom is 0.252 e. The van der Waals surface area contributed by atoms with Gasteiger partial charge in [0.2, 0.25) is 0 Å². The number of nitrogens with zero attached hydrogens (tertiary/aromatic N) is 3. The van der Waals surface area contributed by atoms with E-state index in [1.807, 2.05) is 36.4 Å². The van der Waals surface area contributed by atoms with E-state index in [1.165, 1.54) is 11.3 Å². The van der Waals surface area contributed by atoms with Crippen molar-refractivity contribution in [1.82, 2.24) is 9.88 Å². The fourth-order valence-electron chi connectivity index (χ4n) is 3.72. The maximum atomic E-state index is 13.3. The SMILES string of the molecule is COc1ccc2sc(N(CCN3CCOCC3)C(=O)/C=C/c3ccc(OC)c(OC)c3)nc2c1. The molecule has 4 rings (SSSR count). The molecular formula is C25H29N3O5S. The third kappa shape index (κ3) is 5.67. The van der Waals surface area contributed by atoms with Crippen molar-refractivity contribution in [3.63, 3.8) is 0 Å². The van der Waals surface area contributed by atoms with Gasteiger partial charge in [0.1, 0.15) is 5.75 Å². The summed E-state index contributed by atoms with van der Waals surface area (Å²) in [7, 11) is 4.81. The lowest BCUT2D eigenvalue weighted by Gasteiger charge is -2.28. The lowest BCUT2D eigenvalue weighted by atomic mass is 10.2. The zero-order chi connectivity index (χ0) is 23.9. The molecule has 1 aromatic heterocycles. The van der Waals surface area contributed by atoms with Crippen LogP contribution in [0.25, 0.3) is 16.3 Å². The lowest BCUT2D eigenvalue weighted by molar-refractivity contribution is -0.114. The van der Waals surface area contributed by atoms with Crippen LogP contribution in [0.4, 0.5) is 5.13 Å². The minimum atomic E-state index is -0.130. The second-order valence-corrected chi connectivity index (χ2v) is 8.73. The fraction of sp³-hybridized carbons (Fsp3) is 0.360. The highest BCUT2D eigenvalue weighted by Crippen LogP contribution is 2.32. The molecule has 1 saturated heterocycles. The van der Waals surface area contributed by atoms with E-state index in [2.05, 4.69) is 4.90 Å². The molecule has 0 saturated carbocycles. The van der Waals surface area contributed by atoms with Gasteiger partial charge in [-0.1, -0.05) is 17.4 Å². The standard InChI is InChI=1S/C25H29N3O5S/c1-30-19-6-8-23-20(17-19)26-25(34-23)28(11-10-27-12-14-33-15-13-27)24(29)9-5-18-4-7-21(31-2)22(16-18)32-3/h4-9,16-17H,10-15H2,1-3H3/b9-5+. The van der Waals surface area contributed by atoms with E-state index in [1.54, 1.807) is 38.4 Å². The molecule has 34 heavy (non-hydrogen) atoms. The minimum absolute atomic E-state index is 0.130. The van der Waals surface area contributed by atoms with Crippen LogP contribution in [0.2, 0.25) is 0 Å². The van der Waals surface area contributed by atoms with Crippen LogP contribution in [-0.4, -0.2) is 76.5 Å². The van der Waals surface area contributed by atoms with Gasteiger partial charge < -0.3 is 18.9 Å². The number of hydrogen-bond acceptors (Lipinski definition) is 8. The van der Waals surface area contributed by atoms with Crippen LogP contribution < -0.4 is 19.1 Å². The zero-order valence-corrected chi connectivity index (χ0v) is 20.5. The molecule has 9 heteroatoms. The van der Waals surface area contributed by atoms with Gasteiger partial charge in [0.25, 0.3) is 5.91 Å². The summed E-state index contributed by atoms with van der Waals surface area (Å²) in [5.74, 6) is 1.86. The highest BCUT2D eigenvalue weighted by Gasteiger charge is 2.20. The number of fused-ring (bicyclic) bond motifs is 1. The second kappa shape index (κ2) is 11.3. The third-order valence-corrected chi connectivity index (χ3v) is 6.71. The Morgan fingerprint density at radius 3 is 2.62 bits per heavy atom. The average Bonchev–Trinajstić information content (AvgIpc) is 3.30. The van der Waals surface area contributed by atoms with Gasteiger partial charge in [-0.2, -0.15) is 0 Å². The normalized spacial score (nSPS) is 14.4. The Labute approximate surface area is 203 Å². The summed E-state index contributed by atoms with van der Waals surface area (Å²) in [5, 5.41) is 0.665. The molecule has 2 aromatic carbocycles. The quantitative estimate of drug-likeness (QED) is 0.430. The van der Waals surface area contributed by atoms with Crippen molar-refractivity contribution in [2.75, 3.05) is 65.6 Å². The summed E-state index contributed by atoms with van der Waals surface area (Å²) >= 11 is 1.50. The number of aromatic nitrogens is 1. The van der Waals surface area contributed by atoms with Gasteiger partial charge in [0, 0.05) is 38.3 Å². The van der Waals surface area contributed by atoms with E-state index in [0.29, 0.717) is 36.4 Å². The monoisotopic (exact) mass is 483 g/mol. The van der Waals surface area contributed by atoms with Crippen molar-refractivity contribution in [2.45, 2.75) is 0 Å². The topological polar surface area (TPSA) is 73.4 Å². The number of carbonyl (C=O) groups is 1. The summed E-state index contributed by atoms with van der Waals surface area (Å²) in [5.41, 5.74) is 1.65. The summed E-state index contributed by atoms with van der Waals surface area (Å²) in [6.07, 6.45) is 3.36. The Morgan fingerprint density at radius 2 is 1.88 bits per heavy atom. The summed E-state index contributed by atoms with van der Waals surface area (Å²) in [6, 6.07) is 11.3. The molecule has 0 spiro atoms. The smallest absolute Gasteiger partial charge is 0.252 e. The number of amides is 1. The van der Waals surface area contributed by atoms with E-state index in [9.17, 15) is 4.79 Å². The number of anilines is 1. The van der Waals surface area contributed by atoms with E-state index < -0.39 is 0 Å². The summed E-state index contributed by atoms with van der Waals surface area (Å²) < 4.78 is 22.4. The Hall–Kier alpha value is -3.14. The molecule has 0 atom stereocenters. The van der Waals surface area contributed by atoms with Gasteiger partial charge in [-0.15, -0.1) is 0 Å². The molecule has 180 valence electrons. The van der Waals surface area contributed by atoms with Gasteiger partial charge in [-0.3, -0.25) is 14.6 Å². The van der Waals surface area contributed by atoms with Crippen molar-refractivity contribution in [3.05, 3.63) is 48.0 Å². The summed E-state index contributed by atoms with van der Waals surface area (Å²) in [4.78, 5) is 22.1. The van der Waals surface area contributed by atoms with Crippen molar-refractivity contribution < 1.29 is 23.7 Å². The molecule has 1 amide bonds. The number of hydrogen-bond donors (Lipinski definition) is 0. The van der Waals surface area contributed by atoms with E-state index in [-0.39, 0.29) is 5.91 Å². The first-order valence-corrected chi connectivity index (χ1v) is 11.9. The van der Waals surface area contributed by atoms with Crippen LogP contribution in [0.15, 0.2) is 42.5 Å². The number of carbonyl (C=O) groups excluding carboxylic acids is 1. The molecule has 2 heterocycles. The molecule has 1 aliphatic heterocycles. The van der Waals surface area contributed by atoms with Gasteiger partial charge in [-0.25, -0.2) is 4.98 Å². The van der Waals surface area contributed by atoms with Crippen LogP contribution in [0.5, 0.6) is 17.2 Å². The number of thiazole rings is 1. The van der Waals surface area contributed by atoms with Crippen molar-refractivity contribution in [3.8, 4) is 17.2 Å². The number of ether oxygens (including phenoxy) is 4. The zero-order valence-electron chi connectivity index (χ0n) is 19.7. The number of methoxy groups -OCH3 is 3. The van der Waals surface area contributed by atoms with Crippen molar-refractivity contribution in [1.29, 1.82) is 0 Å². The second-order valence-electron chi connectivity index (χ2n) is 7.72. The van der Waals surface area contributed by atoms with Gasteiger partial charge >= 0.3 is 0 Å². The Morgan fingerprint density at radius 1 is 1.09 bits per heavy atom. The first kappa shape index (κ1) is 24.0. The van der Waals surface area contributed by atoms with Crippen LogP contribution in [0, 0.1) is 0 Å². The molecule has 0 N–H and O–H groups in total. The van der Waals surface area contributed by atoms with Crippen molar-refractivity contribution >= 4 is 38.7 Å². The molecule has 3 aromatic rings. The van der Waals surface area contributed by atoms with Gasteiger partial charge in [0.05, 0.1) is 44.8 Å². The molecule has 0 aliphatic carbocycles. The maximum absolute atomic E-state index is 13.3. The summed E-state index contributed by atoms with van der Waals surface area (Å²) in [6.45, 7) is 4.44. The highest BCUT2D eigenvalue weighted by atomic mass is 32.1. The highest BCUT2D eigenvalue weighted by molar-refractivity contribution is 7.22. The van der Waals surface area contributed by atoms with E-state index >= 15 is 0 Å². The Kier molecular flexibility index (Phi) is 7.99. The van der Waals surface area contributed by atoms with E-state index in [4.69, 9.17) is 23.9 Å². The molecule has 0 bridgehead atoms. The molecule has 1 fully saturated rings. The van der Waals surface area contributed by atoms with Gasteiger partial charge in [-0.05, 0) is 35.9 Å². The lowest BCUT2D eigenvalue weighted by Crippen LogP contribution is -2.42. The fourth-order valence-corrected chi connectivity index (χ4v) is 4.70. The van der Waals surface area contributed by atoms with E-state index in [0.717, 1.165) is 41.2 Å². The van der Waals surface area contributed by atoms with Gasteiger partial charge in [0.15, 0.2) is 16.6 Å². The third-order valence-electron chi connectivity index (χ3n) is 5.65. The number of benzene rings is 2. The van der Waals surface area contributed by atoms with Crippen molar-refractivity contribution in [2.24, 2.45) is 0 Å². The minimum Gasteiger partial charge on any atom is -0.497 e. The Balaban J connectivity index is 1.57. The van der Waals surface area contributed by atoms with Crippen LogP contribution in [0.3, 0.4) is 0 Å². The number of morpholine rings is 1. The first-order chi connectivity index (χ1) is 16.6. The largest absolute Gasteiger partial charge is 0.497 e. The average molecular weight is 484 g/mol. The molecule has 1 aliphatic rings. The first-order valence-electron chi connectivity index (χ1n) is 11.1. The number of rotatable bonds is 9. The van der Waals surface area contributed by atoms with Crippen LogP contribution in [0.1, 0.15) is 5.56 Å².